The molecular formula is C16H15FN2OS. The fourth-order valence-electron chi connectivity index (χ4n) is 2.41. The van der Waals surface area contributed by atoms with Gasteiger partial charge in [-0.15, -0.1) is 11.8 Å². The smallest absolute Gasteiger partial charge is 0.240 e. The molecule has 0 saturated carbocycles. The molecule has 1 aliphatic heterocycles. The van der Waals surface area contributed by atoms with Crippen LogP contribution in [0, 0.1) is 5.82 Å². The Bertz CT molecular complexity index is 704. The largest absolute Gasteiger partial charge is 0.399 e. The molecular weight excluding hydrogens is 287 g/mol. The molecule has 0 spiro atoms. The molecule has 1 amide bonds. The lowest BCUT2D eigenvalue weighted by Gasteiger charge is -2.32. The lowest BCUT2D eigenvalue weighted by Crippen LogP contribution is -2.39. The highest BCUT2D eigenvalue weighted by Crippen LogP contribution is 2.40. The molecule has 1 atom stereocenters. The van der Waals surface area contributed by atoms with Crippen molar-refractivity contribution in [2.45, 2.75) is 23.6 Å². The number of fused-ring (bicyclic) bond motifs is 1. The summed E-state index contributed by atoms with van der Waals surface area (Å²) in [6, 6.07) is 11.9. The van der Waals surface area contributed by atoms with Crippen molar-refractivity contribution in [2.75, 3.05) is 10.6 Å². The van der Waals surface area contributed by atoms with E-state index in [0.29, 0.717) is 12.2 Å². The lowest BCUT2D eigenvalue weighted by molar-refractivity contribution is -0.118. The first-order valence-corrected chi connectivity index (χ1v) is 7.54. The average molecular weight is 302 g/mol. The van der Waals surface area contributed by atoms with Crippen LogP contribution in [0.2, 0.25) is 0 Å². The topological polar surface area (TPSA) is 46.3 Å². The van der Waals surface area contributed by atoms with Gasteiger partial charge in [-0.1, -0.05) is 12.1 Å². The number of nitrogens with two attached hydrogens (primary N) is 1. The molecule has 2 N–H and O–H groups in total. The first-order chi connectivity index (χ1) is 10.0. The zero-order valence-electron chi connectivity index (χ0n) is 11.5. The van der Waals surface area contributed by atoms with E-state index in [-0.39, 0.29) is 17.0 Å². The van der Waals surface area contributed by atoms with Crippen LogP contribution in [0.5, 0.6) is 0 Å². The fraction of sp³-hybridized carbons (Fsp3) is 0.188. The number of carbonyl (C=O) groups is 1. The number of nitrogens with zero attached hydrogens (tertiary/aromatic N) is 1. The standard InChI is InChI=1S/C16H15FN2OS/c1-10-16(20)19(9-11-3-2-4-12(17)7-11)14-8-13(18)5-6-15(14)21-10/h2-8,10H,9,18H2,1H3. The Morgan fingerprint density at radius 2 is 2.10 bits per heavy atom. The Labute approximate surface area is 126 Å². The van der Waals surface area contributed by atoms with E-state index < -0.39 is 0 Å². The van der Waals surface area contributed by atoms with Crippen LogP contribution in [0.1, 0.15) is 12.5 Å². The van der Waals surface area contributed by atoms with Crippen molar-refractivity contribution in [1.29, 1.82) is 0 Å². The molecule has 5 heteroatoms. The number of hydrogen-bond donors (Lipinski definition) is 1. The van der Waals surface area contributed by atoms with Crippen molar-refractivity contribution in [3.63, 3.8) is 0 Å². The van der Waals surface area contributed by atoms with E-state index in [1.54, 1.807) is 17.0 Å². The summed E-state index contributed by atoms with van der Waals surface area (Å²) in [4.78, 5) is 15.2. The second kappa shape index (κ2) is 5.41. The van der Waals surface area contributed by atoms with Gasteiger partial charge in [-0.05, 0) is 42.8 Å². The molecule has 1 unspecified atom stereocenters. The van der Waals surface area contributed by atoms with E-state index in [2.05, 4.69) is 0 Å². The van der Waals surface area contributed by atoms with E-state index >= 15 is 0 Å². The number of hydrogen-bond acceptors (Lipinski definition) is 3. The maximum absolute atomic E-state index is 13.3. The minimum absolute atomic E-state index is 0.0161. The average Bonchev–Trinajstić information content (AvgIpc) is 2.45. The van der Waals surface area contributed by atoms with Gasteiger partial charge in [-0.3, -0.25) is 4.79 Å². The summed E-state index contributed by atoms with van der Waals surface area (Å²) in [5, 5.41) is -0.158. The highest BCUT2D eigenvalue weighted by atomic mass is 32.2. The molecule has 1 aliphatic rings. The van der Waals surface area contributed by atoms with Crippen molar-refractivity contribution >= 4 is 29.0 Å². The van der Waals surface area contributed by atoms with Crippen LogP contribution in [0.3, 0.4) is 0 Å². The molecule has 3 rings (SSSR count). The van der Waals surface area contributed by atoms with Gasteiger partial charge in [0.1, 0.15) is 5.82 Å². The summed E-state index contributed by atoms with van der Waals surface area (Å²) in [5.41, 5.74) is 8.00. The molecule has 3 nitrogen and oxygen atoms in total. The Balaban J connectivity index is 2.00. The zero-order chi connectivity index (χ0) is 15.0. The van der Waals surface area contributed by atoms with Crippen LogP contribution in [0.25, 0.3) is 0 Å². The Morgan fingerprint density at radius 1 is 1.29 bits per heavy atom. The number of halogens is 1. The highest BCUT2D eigenvalue weighted by molar-refractivity contribution is 8.00. The van der Waals surface area contributed by atoms with E-state index in [0.717, 1.165) is 16.1 Å². The number of rotatable bonds is 2. The molecule has 0 aliphatic carbocycles. The minimum atomic E-state index is -0.299. The Hall–Kier alpha value is -2.01. The maximum atomic E-state index is 13.3. The van der Waals surface area contributed by atoms with Gasteiger partial charge in [0.05, 0.1) is 17.5 Å². The summed E-state index contributed by atoms with van der Waals surface area (Å²) in [7, 11) is 0. The van der Waals surface area contributed by atoms with Crippen LogP contribution in [0.4, 0.5) is 15.8 Å². The first-order valence-electron chi connectivity index (χ1n) is 6.66. The number of anilines is 2. The Kier molecular flexibility index (Phi) is 3.59. The molecule has 2 aromatic rings. The summed E-state index contributed by atoms with van der Waals surface area (Å²) in [6.45, 7) is 2.23. The van der Waals surface area contributed by atoms with E-state index in [9.17, 15) is 9.18 Å². The minimum Gasteiger partial charge on any atom is -0.399 e. The number of carbonyl (C=O) groups excluding carboxylic acids is 1. The third-order valence-corrected chi connectivity index (χ3v) is 4.58. The van der Waals surface area contributed by atoms with Gasteiger partial charge < -0.3 is 10.6 Å². The number of thioether (sulfide) groups is 1. The number of amides is 1. The van der Waals surface area contributed by atoms with Gasteiger partial charge in [0.25, 0.3) is 0 Å². The van der Waals surface area contributed by atoms with Crippen molar-refractivity contribution in [2.24, 2.45) is 0 Å². The summed E-state index contributed by atoms with van der Waals surface area (Å²) < 4.78 is 13.3. The first kappa shape index (κ1) is 13.9. The van der Waals surface area contributed by atoms with Crippen LogP contribution < -0.4 is 10.6 Å². The van der Waals surface area contributed by atoms with Crippen molar-refractivity contribution in [3.8, 4) is 0 Å². The van der Waals surface area contributed by atoms with Gasteiger partial charge in [-0.2, -0.15) is 0 Å². The monoisotopic (exact) mass is 302 g/mol. The molecule has 0 radical (unpaired) electrons. The molecule has 1 heterocycles. The van der Waals surface area contributed by atoms with Gasteiger partial charge in [0.2, 0.25) is 5.91 Å². The van der Waals surface area contributed by atoms with Crippen LogP contribution in [-0.4, -0.2) is 11.2 Å². The second-order valence-corrected chi connectivity index (χ2v) is 6.42. The molecule has 2 aromatic carbocycles. The van der Waals surface area contributed by atoms with Crippen molar-refractivity contribution < 1.29 is 9.18 Å². The molecule has 0 fully saturated rings. The number of benzene rings is 2. The van der Waals surface area contributed by atoms with E-state index in [1.807, 2.05) is 25.1 Å². The zero-order valence-corrected chi connectivity index (χ0v) is 12.4. The highest BCUT2D eigenvalue weighted by Gasteiger charge is 2.30. The third kappa shape index (κ3) is 2.74. The van der Waals surface area contributed by atoms with Crippen LogP contribution >= 0.6 is 11.8 Å². The fourth-order valence-corrected chi connectivity index (χ4v) is 3.45. The third-order valence-electron chi connectivity index (χ3n) is 3.42. The predicted octanol–water partition coefficient (Wildman–Crippen LogP) is 3.44. The summed E-state index contributed by atoms with van der Waals surface area (Å²) in [6.07, 6.45) is 0. The normalized spacial score (nSPS) is 17.7. The maximum Gasteiger partial charge on any atom is 0.240 e. The Morgan fingerprint density at radius 3 is 2.86 bits per heavy atom. The summed E-state index contributed by atoms with van der Waals surface area (Å²) >= 11 is 1.53. The van der Waals surface area contributed by atoms with Gasteiger partial charge >= 0.3 is 0 Å². The van der Waals surface area contributed by atoms with Crippen LogP contribution in [0.15, 0.2) is 47.4 Å². The summed E-state index contributed by atoms with van der Waals surface area (Å²) in [5.74, 6) is -0.283. The SMILES string of the molecule is CC1Sc2ccc(N)cc2N(Cc2cccc(F)c2)C1=O. The predicted molar refractivity (Wildman–Crippen MR) is 83.8 cm³/mol. The van der Waals surface area contributed by atoms with Crippen molar-refractivity contribution in [1.82, 2.24) is 0 Å². The second-order valence-electron chi connectivity index (χ2n) is 5.04. The molecule has 108 valence electrons. The van der Waals surface area contributed by atoms with Gasteiger partial charge in [0, 0.05) is 10.6 Å². The lowest BCUT2D eigenvalue weighted by atomic mass is 10.1. The molecule has 0 aromatic heterocycles. The van der Waals surface area contributed by atoms with E-state index in [1.165, 1.54) is 23.9 Å². The number of nitrogen functional groups attached to an aromatic ring is 1. The molecule has 21 heavy (non-hydrogen) atoms. The van der Waals surface area contributed by atoms with Gasteiger partial charge in [-0.25, -0.2) is 4.39 Å². The van der Waals surface area contributed by atoms with Gasteiger partial charge in [0.15, 0.2) is 0 Å². The molecule has 0 bridgehead atoms. The molecule has 0 saturated heterocycles. The quantitative estimate of drug-likeness (QED) is 0.864. The van der Waals surface area contributed by atoms with E-state index in [4.69, 9.17) is 5.73 Å². The van der Waals surface area contributed by atoms with Crippen molar-refractivity contribution in [3.05, 3.63) is 53.8 Å². The van der Waals surface area contributed by atoms with Crippen LogP contribution in [-0.2, 0) is 11.3 Å².